The number of aromatic nitrogens is 4. The Morgan fingerprint density at radius 2 is 2.15 bits per heavy atom. The number of aryl methyl sites for hydroxylation is 2. The van der Waals surface area contributed by atoms with Crippen molar-refractivity contribution in [2.24, 2.45) is 0 Å². The van der Waals surface area contributed by atoms with Crippen LogP contribution < -0.4 is 0 Å². The molecule has 3 rings (SSSR count). The van der Waals surface area contributed by atoms with Crippen molar-refractivity contribution >= 4 is 34.2 Å². The van der Waals surface area contributed by atoms with Crippen molar-refractivity contribution in [1.29, 1.82) is 0 Å². The van der Waals surface area contributed by atoms with Gasteiger partial charge in [-0.1, -0.05) is 22.8 Å². The first-order valence-corrected chi connectivity index (χ1v) is 7.09. The van der Waals surface area contributed by atoms with E-state index in [2.05, 4.69) is 15.1 Å². The van der Waals surface area contributed by atoms with Gasteiger partial charge < -0.3 is 9.09 Å². The molecule has 0 radical (unpaired) electrons. The largest absolute Gasteiger partial charge is 0.337 e. The van der Waals surface area contributed by atoms with Gasteiger partial charge in [0.25, 0.3) is 0 Å². The summed E-state index contributed by atoms with van der Waals surface area (Å²) in [6.45, 7) is 2.22. The summed E-state index contributed by atoms with van der Waals surface area (Å²) in [5, 5.41) is 4.44. The van der Waals surface area contributed by atoms with Gasteiger partial charge in [0.1, 0.15) is 12.4 Å². The SMILES string of the molecule is Cc1noc(Cn2c(CCCl)nc3cccc(Cl)c32)n1. The average Bonchev–Trinajstić information content (AvgIpc) is 2.96. The Balaban J connectivity index is 2.12. The van der Waals surface area contributed by atoms with Gasteiger partial charge in [-0.3, -0.25) is 0 Å². The van der Waals surface area contributed by atoms with Crippen LogP contribution in [0.3, 0.4) is 0 Å². The number of nitrogens with zero attached hydrogens (tertiary/aromatic N) is 4. The third-order valence-corrected chi connectivity index (χ3v) is 3.47. The molecule has 5 nitrogen and oxygen atoms in total. The van der Waals surface area contributed by atoms with Gasteiger partial charge in [0.05, 0.1) is 16.1 Å². The van der Waals surface area contributed by atoms with E-state index < -0.39 is 0 Å². The van der Waals surface area contributed by atoms with Gasteiger partial charge in [0.15, 0.2) is 5.82 Å². The van der Waals surface area contributed by atoms with Crippen LogP contribution in [0, 0.1) is 6.92 Å². The number of halogens is 2. The fraction of sp³-hybridized carbons (Fsp3) is 0.308. The average molecular weight is 311 g/mol. The molecule has 0 spiro atoms. The topological polar surface area (TPSA) is 56.7 Å². The number of rotatable bonds is 4. The maximum absolute atomic E-state index is 6.29. The lowest BCUT2D eigenvalue weighted by atomic mass is 10.3. The first-order valence-electron chi connectivity index (χ1n) is 6.18. The van der Waals surface area contributed by atoms with E-state index >= 15 is 0 Å². The second-order valence-corrected chi connectivity index (χ2v) is 5.18. The van der Waals surface area contributed by atoms with Gasteiger partial charge in [-0.25, -0.2) is 4.98 Å². The van der Waals surface area contributed by atoms with Gasteiger partial charge >= 0.3 is 0 Å². The first kappa shape index (κ1) is 13.4. The summed E-state index contributed by atoms with van der Waals surface area (Å²) < 4.78 is 7.15. The lowest BCUT2D eigenvalue weighted by Gasteiger charge is -2.06. The standard InChI is InChI=1S/C13H12Cl2N4O/c1-8-16-12(20-18-8)7-19-11(5-6-14)17-10-4-2-3-9(15)13(10)19/h2-4H,5-7H2,1H3. The van der Waals surface area contributed by atoms with E-state index in [0.717, 1.165) is 16.9 Å². The predicted octanol–water partition coefficient (Wildman–Crippen LogP) is 3.21. The fourth-order valence-electron chi connectivity index (χ4n) is 2.18. The maximum Gasteiger partial charge on any atom is 0.246 e. The highest BCUT2D eigenvalue weighted by molar-refractivity contribution is 6.35. The molecule has 0 aliphatic heterocycles. The van der Waals surface area contributed by atoms with Gasteiger partial charge in [0.2, 0.25) is 5.89 Å². The van der Waals surface area contributed by atoms with Crippen LogP contribution in [0.2, 0.25) is 5.02 Å². The molecule has 0 saturated carbocycles. The molecule has 20 heavy (non-hydrogen) atoms. The Morgan fingerprint density at radius 1 is 1.30 bits per heavy atom. The highest BCUT2D eigenvalue weighted by atomic mass is 35.5. The molecule has 7 heteroatoms. The molecule has 0 fully saturated rings. The zero-order valence-electron chi connectivity index (χ0n) is 10.8. The van der Waals surface area contributed by atoms with Crippen molar-refractivity contribution in [2.75, 3.05) is 5.88 Å². The Labute approximate surface area is 125 Å². The number of hydrogen-bond acceptors (Lipinski definition) is 4. The summed E-state index contributed by atoms with van der Waals surface area (Å²) in [7, 11) is 0. The normalized spacial score (nSPS) is 11.3. The van der Waals surface area contributed by atoms with Gasteiger partial charge in [0, 0.05) is 12.3 Å². The van der Waals surface area contributed by atoms with Crippen molar-refractivity contribution in [3.63, 3.8) is 0 Å². The summed E-state index contributed by atoms with van der Waals surface area (Å²) in [5.41, 5.74) is 1.71. The molecule has 0 N–H and O–H groups in total. The van der Waals surface area contributed by atoms with E-state index in [-0.39, 0.29) is 0 Å². The Morgan fingerprint density at radius 3 is 2.85 bits per heavy atom. The summed E-state index contributed by atoms with van der Waals surface area (Å²) in [6.07, 6.45) is 0.652. The van der Waals surface area contributed by atoms with E-state index in [4.69, 9.17) is 27.7 Å². The molecular weight excluding hydrogens is 299 g/mol. The lowest BCUT2D eigenvalue weighted by molar-refractivity contribution is 0.367. The molecule has 0 aliphatic rings. The van der Waals surface area contributed by atoms with E-state index in [1.807, 2.05) is 22.8 Å². The fourth-order valence-corrected chi connectivity index (χ4v) is 2.62. The van der Waals surface area contributed by atoms with E-state index in [1.165, 1.54) is 0 Å². The van der Waals surface area contributed by atoms with Crippen LogP contribution in [0.15, 0.2) is 22.7 Å². The number of benzene rings is 1. The van der Waals surface area contributed by atoms with Gasteiger partial charge in [-0.05, 0) is 19.1 Å². The van der Waals surface area contributed by atoms with E-state index in [9.17, 15) is 0 Å². The molecule has 0 aliphatic carbocycles. The van der Waals surface area contributed by atoms with Crippen molar-refractivity contribution in [3.05, 3.63) is 40.8 Å². The monoisotopic (exact) mass is 310 g/mol. The van der Waals surface area contributed by atoms with Crippen molar-refractivity contribution < 1.29 is 4.52 Å². The van der Waals surface area contributed by atoms with Crippen LogP contribution in [0.5, 0.6) is 0 Å². The Kier molecular flexibility index (Phi) is 3.63. The maximum atomic E-state index is 6.29. The van der Waals surface area contributed by atoms with Crippen LogP contribution in [0.1, 0.15) is 17.5 Å². The van der Waals surface area contributed by atoms with E-state index in [0.29, 0.717) is 35.6 Å². The van der Waals surface area contributed by atoms with Crippen LogP contribution in [-0.4, -0.2) is 25.6 Å². The highest BCUT2D eigenvalue weighted by Gasteiger charge is 2.15. The van der Waals surface area contributed by atoms with Crippen molar-refractivity contribution in [2.45, 2.75) is 19.9 Å². The molecular formula is C13H12Cl2N4O. The second-order valence-electron chi connectivity index (χ2n) is 4.40. The van der Waals surface area contributed by atoms with Crippen molar-refractivity contribution in [1.82, 2.24) is 19.7 Å². The molecule has 104 valence electrons. The number of para-hydroxylation sites is 1. The minimum Gasteiger partial charge on any atom is -0.337 e. The zero-order chi connectivity index (χ0) is 14.1. The second kappa shape index (κ2) is 5.42. The van der Waals surface area contributed by atoms with Crippen molar-refractivity contribution in [3.8, 4) is 0 Å². The first-order chi connectivity index (χ1) is 9.69. The summed E-state index contributed by atoms with van der Waals surface area (Å²) in [4.78, 5) is 8.79. The Hall–Kier alpha value is -1.59. The summed E-state index contributed by atoms with van der Waals surface area (Å²) in [5.74, 6) is 2.48. The van der Waals surface area contributed by atoms with Crippen LogP contribution in [0.4, 0.5) is 0 Å². The molecule has 2 aromatic heterocycles. The molecule has 0 amide bonds. The van der Waals surface area contributed by atoms with Gasteiger partial charge in [-0.2, -0.15) is 4.98 Å². The summed E-state index contributed by atoms with van der Waals surface area (Å²) in [6, 6.07) is 5.64. The van der Waals surface area contributed by atoms with Gasteiger partial charge in [-0.15, -0.1) is 11.6 Å². The van der Waals surface area contributed by atoms with Crippen LogP contribution >= 0.6 is 23.2 Å². The third-order valence-electron chi connectivity index (χ3n) is 2.98. The smallest absolute Gasteiger partial charge is 0.246 e. The number of hydrogen-bond donors (Lipinski definition) is 0. The molecule has 1 aromatic carbocycles. The minimum atomic E-state index is 0.438. The van der Waals surface area contributed by atoms with E-state index in [1.54, 1.807) is 6.92 Å². The molecule has 0 saturated heterocycles. The number of alkyl halides is 1. The lowest BCUT2D eigenvalue weighted by Crippen LogP contribution is -2.06. The summed E-state index contributed by atoms with van der Waals surface area (Å²) >= 11 is 12.1. The van der Waals surface area contributed by atoms with Crippen LogP contribution in [0.25, 0.3) is 11.0 Å². The molecule has 0 unspecified atom stereocenters. The molecule has 3 aromatic rings. The van der Waals surface area contributed by atoms with Crippen LogP contribution in [-0.2, 0) is 13.0 Å². The zero-order valence-corrected chi connectivity index (χ0v) is 12.3. The minimum absolute atomic E-state index is 0.438. The quantitative estimate of drug-likeness (QED) is 0.694. The third kappa shape index (κ3) is 2.39. The molecule has 0 atom stereocenters. The number of fused-ring (bicyclic) bond motifs is 1. The number of imidazole rings is 1. The predicted molar refractivity (Wildman–Crippen MR) is 77.3 cm³/mol. The molecule has 2 heterocycles. The highest BCUT2D eigenvalue weighted by Crippen LogP contribution is 2.25. The Bertz CT molecular complexity index is 750. The molecule has 0 bridgehead atoms.